The van der Waals surface area contributed by atoms with Gasteiger partial charge in [-0.15, -0.1) is 0 Å². The Balaban J connectivity index is 2.38. The molecule has 0 atom stereocenters. The van der Waals surface area contributed by atoms with Crippen LogP contribution in [0.2, 0.25) is 5.02 Å². The van der Waals surface area contributed by atoms with E-state index in [0.717, 1.165) is 25.7 Å². The smallest absolute Gasteiger partial charge is 0.252 e. The number of halogens is 1. The fraction of sp³-hybridized carbons (Fsp3) is 0.500. The fourth-order valence-corrected chi connectivity index (χ4v) is 3.52. The first-order valence-electron chi connectivity index (χ1n) is 6.78. The van der Waals surface area contributed by atoms with E-state index in [2.05, 4.69) is 5.32 Å². The van der Waals surface area contributed by atoms with Gasteiger partial charge in [0.05, 0.1) is 4.90 Å². The molecule has 0 aromatic heterocycles. The number of benzene rings is 1. The standard InChI is InChI=1S/C14H19ClN2O3S/c1-9-11(7-10(8-12(9)15)21(16,19)20)13(18)17-14(2)5-3-4-6-14/h7-8H,3-6H2,1-2H3,(H,17,18)(H2,16,19,20). The summed E-state index contributed by atoms with van der Waals surface area (Å²) in [7, 11) is -3.91. The first-order chi connectivity index (χ1) is 9.62. The van der Waals surface area contributed by atoms with Crippen LogP contribution in [0.4, 0.5) is 0 Å². The van der Waals surface area contributed by atoms with Gasteiger partial charge in [0.1, 0.15) is 0 Å². The number of nitrogens with one attached hydrogen (secondary N) is 1. The van der Waals surface area contributed by atoms with Gasteiger partial charge < -0.3 is 5.32 Å². The Kier molecular flexibility index (Phi) is 4.33. The summed E-state index contributed by atoms with van der Waals surface area (Å²) in [6, 6.07) is 2.55. The van der Waals surface area contributed by atoms with Crippen molar-refractivity contribution in [1.29, 1.82) is 0 Å². The van der Waals surface area contributed by atoms with Gasteiger partial charge in [-0.1, -0.05) is 24.4 Å². The van der Waals surface area contributed by atoms with E-state index >= 15 is 0 Å². The minimum atomic E-state index is -3.91. The average Bonchev–Trinajstić information content (AvgIpc) is 2.77. The summed E-state index contributed by atoms with van der Waals surface area (Å²) >= 11 is 6.02. The number of carbonyl (C=O) groups excluding carboxylic acids is 1. The van der Waals surface area contributed by atoms with Crippen molar-refractivity contribution >= 4 is 27.5 Å². The van der Waals surface area contributed by atoms with Gasteiger partial charge in [0, 0.05) is 16.1 Å². The van der Waals surface area contributed by atoms with Gasteiger partial charge in [-0.3, -0.25) is 4.79 Å². The minimum absolute atomic E-state index is 0.153. The molecule has 0 heterocycles. The highest BCUT2D eigenvalue weighted by Crippen LogP contribution is 2.30. The van der Waals surface area contributed by atoms with E-state index in [4.69, 9.17) is 16.7 Å². The van der Waals surface area contributed by atoms with Crippen LogP contribution >= 0.6 is 11.6 Å². The number of sulfonamides is 1. The summed E-state index contributed by atoms with van der Waals surface area (Å²) in [6.45, 7) is 3.68. The molecule has 2 rings (SSSR count). The van der Waals surface area contributed by atoms with Crippen molar-refractivity contribution in [3.63, 3.8) is 0 Å². The Morgan fingerprint density at radius 2 is 1.90 bits per heavy atom. The highest BCUT2D eigenvalue weighted by Gasteiger charge is 2.31. The third kappa shape index (κ3) is 3.56. The van der Waals surface area contributed by atoms with Crippen molar-refractivity contribution < 1.29 is 13.2 Å². The molecule has 0 saturated heterocycles. The fourth-order valence-electron chi connectivity index (χ4n) is 2.68. The van der Waals surface area contributed by atoms with Gasteiger partial charge in [-0.05, 0) is 44.4 Å². The van der Waals surface area contributed by atoms with Crippen molar-refractivity contribution in [2.75, 3.05) is 0 Å². The maximum absolute atomic E-state index is 12.5. The normalized spacial score (nSPS) is 17.7. The molecule has 1 fully saturated rings. The first-order valence-corrected chi connectivity index (χ1v) is 8.70. The summed E-state index contributed by atoms with van der Waals surface area (Å²) in [6.07, 6.45) is 3.99. The van der Waals surface area contributed by atoms with E-state index in [1.165, 1.54) is 12.1 Å². The Morgan fingerprint density at radius 1 is 1.33 bits per heavy atom. The van der Waals surface area contributed by atoms with Gasteiger partial charge >= 0.3 is 0 Å². The molecule has 1 aliphatic carbocycles. The second-order valence-corrected chi connectivity index (χ2v) is 7.81. The lowest BCUT2D eigenvalue weighted by Crippen LogP contribution is -2.43. The molecule has 0 aliphatic heterocycles. The van der Waals surface area contributed by atoms with Crippen molar-refractivity contribution in [1.82, 2.24) is 5.32 Å². The molecule has 21 heavy (non-hydrogen) atoms. The molecule has 0 unspecified atom stereocenters. The van der Waals surface area contributed by atoms with E-state index in [0.29, 0.717) is 5.56 Å². The van der Waals surface area contributed by atoms with Crippen LogP contribution in [-0.2, 0) is 10.0 Å². The van der Waals surface area contributed by atoms with Crippen LogP contribution in [0, 0.1) is 6.92 Å². The van der Waals surface area contributed by atoms with E-state index in [9.17, 15) is 13.2 Å². The monoisotopic (exact) mass is 330 g/mol. The molecule has 1 amide bonds. The van der Waals surface area contributed by atoms with Crippen LogP contribution in [0.25, 0.3) is 0 Å². The minimum Gasteiger partial charge on any atom is -0.347 e. The Morgan fingerprint density at radius 3 is 2.43 bits per heavy atom. The van der Waals surface area contributed by atoms with Crippen molar-refractivity contribution in [3.8, 4) is 0 Å². The third-order valence-electron chi connectivity index (χ3n) is 4.01. The first kappa shape index (κ1) is 16.3. The Hall–Kier alpha value is -1.11. The summed E-state index contributed by atoms with van der Waals surface area (Å²) in [5.74, 6) is -0.315. The van der Waals surface area contributed by atoms with Gasteiger partial charge in [0.15, 0.2) is 0 Å². The SMILES string of the molecule is Cc1c(Cl)cc(S(N)(=O)=O)cc1C(=O)NC1(C)CCCC1. The predicted molar refractivity (Wildman–Crippen MR) is 81.9 cm³/mol. The maximum atomic E-state index is 12.5. The number of hydrogen-bond acceptors (Lipinski definition) is 3. The molecule has 5 nitrogen and oxygen atoms in total. The van der Waals surface area contributed by atoms with Crippen molar-refractivity contribution in [2.24, 2.45) is 5.14 Å². The summed E-state index contributed by atoms with van der Waals surface area (Å²) in [4.78, 5) is 12.3. The van der Waals surface area contributed by atoms with Crippen molar-refractivity contribution in [2.45, 2.75) is 50.0 Å². The molecular weight excluding hydrogens is 312 g/mol. The maximum Gasteiger partial charge on any atom is 0.252 e. The van der Waals surface area contributed by atoms with Gasteiger partial charge in [-0.2, -0.15) is 0 Å². The lowest BCUT2D eigenvalue weighted by atomic mass is 9.99. The van der Waals surface area contributed by atoms with Crippen LogP contribution in [0.5, 0.6) is 0 Å². The molecule has 7 heteroatoms. The molecule has 1 aromatic carbocycles. The Labute approximate surface area is 129 Å². The zero-order valence-electron chi connectivity index (χ0n) is 12.1. The van der Waals surface area contributed by atoms with Gasteiger partial charge in [0.2, 0.25) is 10.0 Å². The Bertz CT molecular complexity index is 680. The van der Waals surface area contributed by atoms with E-state index in [1.807, 2.05) is 6.92 Å². The number of primary sulfonamides is 1. The molecule has 116 valence electrons. The number of amides is 1. The largest absolute Gasteiger partial charge is 0.347 e. The molecule has 1 saturated carbocycles. The van der Waals surface area contributed by atoms with E-state index in [-0.39, 0.29) is 26.9 Å². The number of carbonyl (C=O) groups is 1. The van der Waals surface area contributed by atoms with E-state index < -0.39 is 10.0 Å². The third-order valence-corrected chi connectivity index (χ3v) is 5.30. The highest BCUT2D eigenvalue weighted by atomic mass is 35.5. The van der Waals surface area contributed by atoms with Gasteiger partial charge in [-0.25, -0.2) is 13.6 Å². The lowest BCUT2D eigenvalue weighted by Gasteiger charge is -2.26. The molecule has 1 aliphatic rings. The van der Waals surface area contributed by atoms with Crippen LogP contribution < -0.4 is 10.5 Å². The highest BCUT2D eigenvalue weighted by molar-refractivity contribution is 7.89. The average molecular weight is 331 g/mol. The summed E-state index contributed by atoms with van der Waals surface area (Å²) in [5.41, 5.74) is 0.552. The topological polar surface area (TPSA) is 89.3 Å². The number of nitrogens with two attached hydrogens (primary N) is 1. The predicted octanol–water partition coefficient (Wildman–Crippen LogP) is 2.36. The molecule has 1 aromatic rings. The van der Waals surface area contributed by atoms with Crippen LogP contribution in [0.1, 0.15) is 48.5 Å². The number of rotatable bonds is 3. The zero-order valence-corrected chi connectivity index (χ0v) is 13.6. The molecule has 0 spiro atoms. The molecule has 0 radical (unpaired) electrons. The number of hydrogen-bond donors (Lipinski definition) is 2. The molecule has 0 bridgehead atoms. The van der Waals surface area contributed by atoms with Crippen LogP contribution in [0.15, 0.2) is 17.0 Å². The lowest BCUT2D eigenvalue weighted by molar-refractivity contribution is 0.0907. The van der Waals surface area contributed by atoms with Crippen molar-refractivity contribution in [3.05, 3.63) is 28.3 Å². The molecular formula is C14H19ClN2O3S. The molecule has 3 N–H and O–H groups in total. The van der Waals surface area contributed by atoms with Crippen LogP contribution in [0.3, 0.4) is 0 Å². The second kappa shape index (κ2) is 5.59. The summed E-state index contributed by atoms with van der Waals surface area (Å²) in [5, 5.41) is 8.31. The quantitative estimate of drug-likeness (QED) is 0.891. The van der Waals surface area contributed by atoms with Crippen LogP contribution in [-0.4, -0.2) is 19.9 Å². The van der Waals surface area contributed by atoms with Gasteiger partial charge in [0.25, 0.3) is 5.91 Å². The van der Waals surface area contributed by atoms with E-state index in [1.54, 1.807) is 6.92 Å². The second-order valence-electron chi connectivity index (χ2n) is 5.84. The zero-order chi connectivity index (χ0) is 15.8. The summed E-state index contributed by atoms with van der Waals surface area (Å²) < 4.78 is 22.9.